The van der Waals surface area contributed by atoms with Crippen molar-refractivity contribution in [2.75, 3.05) is 42.3 Å². The van der Waals surface area contributed by atoms with E-state index in [2.05, 4.69) is 6.92 Å². The van der Waals surface area contributed by atoms with Gasteiger partial charge in [0.1, 0.15) is 0 Å². The molecule has 0 aromatic heterocycles. The van der Waals surface area contributed by atoms with E-state index in [0.29, 0.717) is 0 Å². The minimum Gasteiger partial charge on any atom is -0.478 e. The summed E-state index contributed by atoms with van der Waals surface area (Å²) in [5.74, 6) is -0.847. The Morgan fingerprint density at radius 3 is 1.65 bits per heavy atom. The molecule has 0 aliphatic rings. The van der Waals surface area contributed by atoms with Crippen molar-refractivity contribution in [2.24, 2.45) is 0 Å². The van der Waals surface area contributed by atoms with Gasteiger partial charge in [-0.1, -0.05) is 32.3 Å². The monoisotopic (exact) mass is 292 g/mol. The topological polar surface area (TPSA) is 75.3 Å². The average molecular weight is 292 g/mol. The van der Waals surface area contributed by atoms with Gasteiger partial charge >= 0.3 is 5.97 Å². The molecule has 5 nitrogen and oxygen atoms in total. The molecule has 0 aliphatic carbocycles. The molecule has 20 heavy (non-hydrogen) atoms. The van der Waals surface area contributed by atoms with Crippen LogP contribution >= 0.6 is 0 Å². The first-order valence-corrected chi connectivity index (χ1v) is 6.85. The van der Waals surface area contributed by atoms with Crippen molar-refractivity contribution in [3.05, 3.63) is 12.2 Å². The first-order chi connectivity index (χ1) is 8.73. The van der Waals surface area contributed by atoms with Crippen molar-refractivity contribution in [3.63, 3.8) is 0 Å². The molecule has 3 N–H and O–H groups in total. The van der Waals surface area contributed by atoms with E-state index < -0.39 is 5.97 Å². The summed E-state index contributed by atoms with van der Waals surface area (Å²) in [6.07, 6.45) is 8.62. The fourth-order valence-electron chi connectivity index (χ4n) is 0.873. The third-order valence-electron chi connectivity index (χ3n) is 1.48. The molecule has 0 saturated carbocycles. The molecule has 0 aromatic rings. The van der Waals surface area contributed by atoms with Crippen molar-refractivity contribution >= 4 is 5.97 Å². The number of unbranched alkanes of at least 4 members (excludes halogenated alkanes) is 4. The number of allylic oxidation sites excluding steroid dienone is 1. The van der Waals surface area contributed by atoms with Crippen LogP contribution in [0.5, 0.6) is 0 Å². The Morgan fingerprint density at radius 2 is 1.35 bits per heavy atom. The summed E-state index contributed by atoms with van der Waals surface area (Å²) in [6.45, 7) is 2.16. The lowest BCUT2D eigenvalue weighted by Crippen LogP contribution is -1.99. The lowest BCUT2D eigenvalue weighted by molar-refractivity contribution is -0.131. The maximum atomic E-state index is 10.0. The Hall–Kier alpha value is -0.910. The maximum absolute atomic E-state index is 10.0. The standard InChI is InChI=1S/C9H16O2.2C3H9N.H2O/c1-2-3-4-5-6-7-8-9(10)11;2*1-4(2)3;/h7-8H,2-6H2,1H3,(H,10,11);2*1-3H3;1H2. The molecule has 0 fully saturated rings. The van der Waals surface area contributed by atoms with Crippen LogP contribution in [0.4, 0.5) is 0 Å². The predicted octanol–water partition coefficient (Wildman–Crippen LogP) is 2.13. The molecule has 5 heteroatoms. The molecular formula is C15H36N2O3. The van der Waals surface area contributed by atoms with Gasteiger partial charge in [0, 0.05) is 6.08 Å². The Kier molecular flexibility index (Phi) is 31.8. The SMILES string of the molecule is CCCCCCC=CC(=O)O.CN(C)C.CN(C)C.O. The number of carboxylic acids is 1. The molecular weight excluding hydrogens is 256 g/mol. The van der Waals surface area contributed by atoms with Gasteiger partial charge in [-0.3, -0.25) is 0 Å². The van der Waals surface area contributed by atoms with E-state index in [1.165, 1.54) is 25.3 Å². The van der Waals surface area contributed by atoms with Gasteiger partial charge < -0.3 is 20.4 Å². The summed E-state index contributed by atoms with van der Waals surface area (Å²) in [6, 6.07) is 0. The van der Waals surface area contributed by atoms with Gasteiger partial charge in [0.25, 0.3) is 0 Å². The normalized spacial score (nSPS) is 9.45. The molecule has 0 aliphatic heterocycles. The van der Waals surface area contributed by atoms with Gasteiger partial charge in [-0.05, 0) is 55.1 Å². The van der Waals surface area contributed by atoms with E-state index in [-0.39, 0.29) is 5.48 Å². The van der Waals surface area contributed by atoms with Crippen molar-refractivity contribution in [2.45, 2.75) is 39.0 Å². The molecule has 0 bridgehead atoms. The van der Waals surface area contributed by atoms with Crippen LogP contribution in [0.3, 0.4) is 0 Å². The zero-order valence-electron chi connectivity index (χ0n) is 14.4. The molecule has 0 atom stereocenters. The molecule has 0 rings (SSSR count). The first kappa shape index (κ1) is 27.4. The first-order valence-electron chi connectivity index (χ1n) is 6.85. The lowest BCUT2D eigenvalue weighted by Gasteiger charge is -1.92. The smallest absolute Gasteiger partial charge is 0.327 e. The van der Waals surface area contributed by atoms with Crippen molar-refractivity contribution in [1.29, 1.82) is 0 Å². The van der Waals surface area contributed by atoms with Gasteiger partial charge in [-0.2, -0.15) is 0 Å². The molecule has 0 spiro atoms. The summed E-state index contributed by atoms with van der Waals surface area (Å²) in [5, 5.41) is 8.23. The zero-order valence-corrected chi connectivity index (χ0v) is 14.4. The van der Waals surface area contributed by atoms with Crippen LogP contribution in [0.2, 0.25) is 0 Å². The number of rotatable bonds is 6. The fourth-order valence-corrected chi connectivity index (χ4v) is 0.873. The van der Waals surface area contributed by atoms with E-state index in [4.69, 9.17) is 5.11 Å². The number of aliphatic carboxylic acids is 1. The molecule has 0 unspecified atom stereocenters. The number of hydrogen-bond donors (Lipinski definition) is 1. The van der Waals surface area contributed by atoms with Crippen molar-refractivity contribution in [3.8, 4) is 0 Å². The van der Waals surface area contributed by atoms with E-state index >= 15 is 0 Å². The summed E-state index contributed by atoms with van der Waals surface area (Å²) in [4.78, 5) is 14.0. The van der Waals surface area contributed by atoms with Gasteiger partial charge in [0.2, 0.25) is 0 Å². The van der Waals surface area contributed by atoms with Crippen LogP contribution in [-0.2, 0) is 4.79 Å². The molecule has 0 aromatic carbocycles. The summed E-state index contributed by atoms with van der Waals surface area (Å²) in [5.41, 5.74) is 0. The highest BCUT2D eigenvalue weighted by Crippen LogP contribution is 2.02. The average Bonchev–Trinajstić information content (AvgIpc) is 2.21. The van der Waals surface area contributed by atoms with Gasteiger partial charge in [0.05, 0.1) is 0 Å². The van der Waals surface area contributed by atoms with Crippen LogP contribution in [0.25, 0.3) is 0 Å². The molecule has 0 radical (unpaired) electrons. The van der Waals surface area contributed by atoms with Crippen molar-refractivity contribution in [1.82, 2.24) is 9.80 Å². The van der Waals surface area contributed by atoms with Crippen LogP contribution in [-0.4, -0.2) is 68.6 Å². The Labute approximate surface area is 125 Å². The summed E-state index contributed by atoms with van der Waals surface area (Å²) >= 11 is 0. The fraction of sp³-hybridized carbons (Fsp3) is 0.800. The second kappa shape index (κ2) is 23.2. The highest BCUT2D eigenvalue weighted by atomic mass is 16.4. The number of carbonyl (C=O) groups is 1. The van der Waals surface area contributed by atoms with E-state index in [0.717, 1.165) is 12.8 Å². The van der Waals surface area contributed by atoms with Crippen LogP contribution in [0.1, 0.15) is 39.0 Å². The summed E-state index contributed by atoms with van der Waals surface area (Å²) < 4.78 is 0. The molecule has 124 valence electrons. The van der Waals surface area contributed by atoms with E-state index in [1.54, 1.807) is 6.08 Å². The Morgan fingerprint density at radius 1 is 0.950 bits per heavy atom. The second-order valence-corrected chi connectivity index (χ2v) is 5.27. The highest BCUT2D eigenvalue weighted by Gasteiger charge is 1.86. The molecule has 0 heterocycles. The third kappa shape index (κ3) is 88.0. The van der Waals surface area contributed by atoms with Gasteiger partial charge in [-0.25, -0.2) is 4.79 Å². The van der Waals surface area contributed by atoms with Crippen LogP contribution < -0.4 is 0 Å². The predicted molar refractivity (Wildman–Crippen MR) is 88.4 cm³/mol. The highest BCUT2D eigenvalue weighted by molar-refractivity contribution is 5.79. The van der Waals surface area contributed by atoms with Crippen LogP contribution in [0, 0.1) is 0 Å². The maximum Gasteiger partial charge on any atom is 0.327 e. The van der Waals surface area contributed by atoms with Crippen LogP contribution in [0.15, 0.2) is 12.2 Å². The minimum atomic E-state index is -0.847. The Balaban J connectivity index is -0.000000119. The molecule has 0 amide bonds. The van der Waals surface area contributed by atoms with Gasteiger partial charge in [-0.15, -0.1) is 0 Å². The van der Waals surface area contributed by atoms with E-state index in [1.807, 2.05) is 52.1 Å². The Bertz CT molecular complexity index is 194. The largest absolute Gasteiger partial charge is 0.478 e. The third-order valence-corrected chi connectivity index (χ3v) is 1.48. The minimum absolute atomic E-state index is 0. The quantitative estimate of drug-likeness (QED) is 0.601. The lowest BCUT2D eigenvalue weighted by atomic mass is 10.1. The van der Waals surface area contributed by atoms with E-state index in [9.17, 15) is 4.79 Å². The van der Waals surface area contributed by atoms with Crippen molar-refractivity contribution < 1.29 is 15.4 Å². The second-order valence-electron chi connectivity index (χ2n) is 5.27. The number of hydrogen-bond acceptors (Lipinski definition) is 3. The summed E-state index contributed by atoms with van der Waals surface area (Å²) in [7, 11) is 12.0. The zero-order chi connectivity index (χ0) is 15.7. The molecule has 0 saturated heterocycles. The number of nitrogens with zero attached hydrogens (tertiary/aromatic N) is 2. The number of carboxylic acid groups (broad SMARTS) is 1. The van der Waals surface area contributed by atoms with Gasteiger partial charge in [0.15, 0.2) is 0 Å².